The van der Waals surface area contributed by atoms with Crippen LogP contribution in [0.15, 0.2) is 24.3 Å². The molecule has 40 heavy (non-hydrogen) atoms. The van der Waals surface area contributed by atoms with Crippen molar-refractivity contribution in [3.63, 3.8) is 0 Å². The zero-order valence-electron chi connectivity index (χ0n) is 26.9. The van der Waals surface area contributed by atoms with Crippen LogP contribution in [0, 0.1) is 51.2 Å². The lowest BCUT2D eigenvalue weighted by Gasteiger charge is -2.71. The van der Waals surface area contributed by atoms with Gasteiger partial charge in [0.15, 0.2) is 0 Å². The van der Waals surface area contributed by atoms with Crippen LogP contribution >= 0.6 is 7.82 Å². The number of phosphoric ester groups is 1. The molecule has 0 radical (unpaired) electrons. The summed E-state index contributed by atoms with van der Waals surface area (Å²) in [6, 6.07) is 0. The van der Waals surface area contributed by atoms with Gasteiger partial charge in [-0.15, -0.1) is 0 Å². The molecule has 0 saturated heterocycles. The summed E-state index contributed by atoms with van der Waals surface area (Å²) >= 11 is 0. The number of nitrogens with two attached hydrogens (primary N) is 1. The van der Waals surface area contributed by atoms with Crippen LogP contribution in [-0.4, -0.2) is 26.4 Å². The number of fused-ring (bicyclic) bond motifs is 5. The Hall–Kier alpha value is -0.450. The van der Waals surface area contributed by atoms with Crippen molar-refractivity contribution in [2.75, 3.05) is 26.4 Å². The molecule has 0 aromatic carbocycles. The predicted molar refractivity (Wildman–Crippen MR) is 166 cm³/mol. The van der Waals surface area contributed by atoms with Gasteiger partial charge >= 0.3 is 7.82 Å². The lowest BCUT2D eigenvalue weighted by Crippen LogP contribution is -2.64. The molecule has 9 atom stereocenters. The summed E-state index contributed by atoms with van der Waals surface area (Å²) in [5.41, 5.74) is 9.52. The molecule has 0 aliphatic heterocycles. The molecule has 6 heteroatoms. The molecule has 4 aliphatic rings. The summed E-state index contributed by atoms with van der Waals surface area (Å²) in [5.74, 6) is 2.84. The highest BCUT2D eigenvalue weighted by Crippen LogP contribution is 2.76. The summed E-state index contributed by atoms with van der Waals surface area (Å²) in [7, 11) is -3.56. The van der Waals surface area contributed by atoms with E-state index in [0.717, 1.165) is 32.2 Å². The smallest absolute Gasteiger partial charge is 0.330 e. The van der Waals surface area contributed by atoms with Gasteiger partial charge in [-0.05, 0) is 150 Å². The van der Waals surface area contributed by atoms with E-state index in [-0.39, 0.29) is 21.7 Å². The van der Waals surface area contributed by atoms with Gasteiger partial charge in [0, 0.05) is 0 Å². The maximum atomic E-state index is 13.4. The van der Waals surface area contributed by atoms with Crippen molar-refractivity contribution in [2.45, 2.75) is 113 Å². The van der Waals surface area contributed by atoms with Crippen molar-refractivity contribution in [3.05, 3.63) is 24.3 Å². The van der Waals surface area contributed by atoms with Gasteiger partial charge in [0.05, 0.1) is 19.8 Å². The maximum absolute atomic E-state index is 13.4. The van der Waals surface area contributed by atoms with Crippen molar-refractivity contribution in [1.82, 2.24) is 0 Å². The van der Waals surface area contributed by atoms with Gasteiger partial charge in [0.25, 0.3) is 0 Å². The van der Waals surface area contributed by atoms with Crippen LogP contribution in [0.5, 0.6) is 0 Å². The van der Waals surface area contributed by atoms with E-state index >= 15 is 0 Å². The monoisotopic (exact) mass is 577 g/mol. The Kier molecular flexibility index (Phi) is 9.67. The Bertz CT molecular complexity index is 988. The van der Waals surface area contributed by atoms with Gasteiger partial charge in [-0.3, -0.25) is 13.6 Å². The number of hydrogen-bond acceptors (Lipinski definition) is 5. The Morgan fingerprint density at radius 2 is 1.55 bits per heavy atom. The van der Waals surface area contributed by atoms with Crippen LogP contribution in [0.25, 0.3) is 0 Å². The SMILES string of the molecule is C=C(C)[C@@H]1CC[C@]2(COP(=O)(OCC)OCC)CC[C@]3(C)[C@H](CC[C@@H]4[C@@](C)(CCCN)[C@H](C(=C)C)CC[C@]43C)[C@@H]12. The molecular weight excluding hydrogens is 517 g/mol. The van der Waals surface area contributed by atoms with E-state index in [0.29, 0.717) is 49.4 Å². The quantitative estimate of drug-likeness (QED) is 0.185. The first kappa shape index (κ1) is 32.5. The van der Waals surface area contributed by atoms with Crippen LogP contribution in [-0.2, 0) is 18.1 Å². The molecule has 0 bridgehead atoms. The second kappa shape index (κ2) is 11.9. The zero-order valence-corrected chi connectivity index (χ0v) is 27.8. The topological polar surface area (TPSA) is 70.8 Å². The third-order valence-electron chi connectivity index (χ3n) is 13.1. The fourth-order valence-electron chi connectivity index (χ4n) is 11.2. The van der Waals surface area contributed by atoms with Crippen LogP contribution < -0.4 is 5.73 Å². The van der Waals surface area contributed by atoms with Gasteiger partial charge in [0.1, 0.15) is 0 Å². The van der Waals surface area contributed by atoms with Crippen LogP contribution in [0.2, 0.25) is 0 Å². The lowest BCUT2D eigenvalue weighted by atomic mass is 9.34. The average Bonchev–Trinajstić information content (AvgIpc) is 3.27. The second-order valence-corrected chi connectivity index (χ2v) is 16.5. The molecule has 0 spiro atoms. The van der Waals surface area contributed by atoms with E-state index in [1.165, 1.54) is 49.7 Å². The number of rotatable bonds is 12. The molecule has 0 aromatic rings. The molecule has 0 heterocycles. The standard InChI is InChI=1S/C34H60NO4P/c1-10-37-40(36,38-11-2)39-23-34-19-15-26(24(3)4)30(34)28-13-14-29-31(7,17-12-22-35)27(25(5)6)16-18-33(29,9)32(28,8)20-21-34/h26-30H,3,5,10-23,35H2,1-2,4,6-9H3/t26-,27-,28+,29+,30+,31-,32+,33+,34+/m0/s1. The maximum Gasteiger partial charge on any atom is 0.474 e. The molecule has 4 saturated carbocycles. The van der Waals surface area contributed by atoms with E-state index < -0.39 is 7.82 Å². The molecule has 2 N–H and O–H groups in total. The highest BCUT2D eigenvalue weighted by molar-refractivity contribution is 7.48. The summed E-state index contributed by atoms with van der Waals surface area (Å²) in [5, 5.41) is 0. The fourth-order valence-corrected chi connectivity index (χ4v) is 12.5. The minimum atomic E-state index is -3.56. The van der Waals surface area contributed by atoms with E-state index in [1.807, 2.05) is 13.8 Å². The molecule has 230 valence electrons. The molecule has 0 unspecified atom stereocenters. The van der Waals surface area contributed by atoms with E-state index in [2.05, 4.69) is 47.8 Å². The van der Waals surface area contributed by atoms with Gasteiger partial charge in [-0.2, -0.15) is 0 Å². The van der Waals surface area contributed by atoms with Gasteiger partial charge in [-0.25, -0.2) is 4.57 Å². The van der Waals surface area contributed by atoms with Gasteiger partial charge in [-0.1, -0.05) is 45.1 Å². The summed E-state index contributed by atoms with van der Waals surface area (Å²) in [6.07, 6.45) is 11.9. The first-order chi connectivity index (χ1) is 18.8. The molecule has 4 rings (SSSR count). The van der Waals surface area contributed by atoms with Crippen molar-refractivity contribution >= 4 is 7.82 Å². The van der Waals surface area contributed by atoms with Crippen LogP contribution in [0.4, 0.5) is 0 Å². The van der Waals surface area contributed by atoms with Crippen molar-refractivity contribution in [1.29, 1.82) is 0 Å². The number of phosphoric acid groups is 1. The average molecular weight is 578 g/mol. The number of hydrogen-bond donors (Lipinski definition) is 1. The van der Waals surface area contributed by atoms with E-state index in [9.17, 15) is 4.57 Å². The minimum absolute atomic E-state index is 0.00138. The van der Waals surface area contributed by atoms with Crippen molar-refractivity contribution < 1.29 is 18.1 Å². The van der Waals surface area contributed by atoms with Crippen LogP contribution in [0.1, 0.15) is 113 Å². The Morgan fingerprint density at radius 1 is 0.875 bits per heavy atom. The van der Waals surface area contributed by atoms with Gasteiger partial charge in [0.2, 0.25) is 0 Å². The Balaban J connectivity index is 1.71. The highest BCUT2D eigenvalue weighted by atomic mass is 31.2. The molecule has 5 nitrogen and oxygen atoms in total. The molecule has 4 fully saturated rings. The van der Waals surface area contributed by atoms with E-state index in [4.69, 9.17) is 19.3 Å². The molecule has 4 aliphatic carbocycles. The third kappa shape index (κ3) is 5.17. The highest BCUT2D eigenvalue weighted by Gasteiger charge is 2.69. The van der Waals surface area contributed by atoms with Gasteiger partial charge < -0.3 is 5.73 Å². The lowest BCUT2D eigenvalue weighted by molar-refractivity contribution is -0.218. The van der Waals surface area contributed by atoms with Crippen LogP contribution in [0.3, 0.4) is 0 Å². The zero-order chi connectivity index (χ0) is 29.6. The molecule has 0 aromatic heterocycles. The Labute approximate surface area is 246 Å². The fraction of sp³-hybridized carbons (Fsp3) is 0.882. The Morgan fingerprint density at radius 3 is 2.12 bits per heavy atom. The molecular formula is C34H60NO4P. The first-order valence-corrected chi connectivity index (χ1v) is 17.8. The molecule has 0 amide bonds. The summed E-state index contributed by atoms with van der Waals surface area (Å²) < 4.78 is 30.7. The van der Waals surface area contributed by atoms with Crippen molar-refractivity contribution in [3.8, 4) is 0 Å². The summed E-state index contributed by atoms with van der Waals surface area (Å²) in [6.45, 7) is 26.9. The van der Waals surface area contributed by atoms with Crippen molar-refractivity contribution in [2.24, 2.45) is 57.0 Å². The van der Waals surface area contributed by atoms with E-state index in [1.54, 1.807) is 0 Å². The number of allylic oxidation sites excluding steroid dienone is 2. The summed E-state index contributed by atoms with van der Waals surface area (Å²) in [4.78, 5) is 0. The second-order valence-electron chi connectivity index (χ2n) is 14.8. The minimum Gasteiger partial charge on any atom is -0.330 e. The largest absolute Gasteiger partial charge is 0.474 e. The predicted octanol–water partition coefficient (Wildman–Crippen LogP) is 9.34. The third-order valence-corrected chi connectivity index (χ3v) is 14.7. The normalized spacial score (nSPS) is 43.0. The first-order valence-electron chi connectivity index (χ1n) is 16.3.